The number of carboxylic acid groups (broad SMARTS) is 1. The topological polar surface area (TPSA) is 104 Å². The van der Waals surface area contributed by atoms with E-state index in [1.165, 1.54) is 6.07 Å². The third kappa shape index (κ3) is 5.02. The van der Waals surface area contributed by atoms with E-state index >= 15 is 0 Å². The van der Waals surface area contributed by atoms with Crippen molar-refractivity contribution < 1.29 is 23.1 Å². The first-order chi connectivity index (χ1) is 11.7. The highest BCUT2D eigenvalue weighted by Crippen LogP contribution is 2.30. The number of carboxylic acids is 1. The number of nitrogens with zero attached hydrogens (tertiary/aromatic N) is 1. The Balaban J connectivity index is 1.98. The maximum Gasteiger partial charge on any atom is 0.322 e. The highest BCUT2D eigenvalue weighted by molar-refractivity contribution is 7.91. The van der Waals surface area contributed by atoms with Gasteiger partial charge >= 0.3 is 5.97 Å². The van der Waals surface area contributed by atoms with Crippen LogP contribution in [-0.2, 0) is 26.0 Å². The Labute approximate surface area is 152 Å². The minimum atomic E-state index is -3.79. The van der Waals surface area contributed by atoms with Crippen LogP contribution in [0.1, 0.15) is 38.0 Å². The molecule has 1 unspecified atom stereocenters. The first kappa shape index (κ1) is 19.9. The lowest BCUT2D eigenvalue weighted by atomic mass is 10.1. The van der Waals surface area contributed by atoms with E-state index < -0.39 is 22.0 Å². The van der Waals surface area contributed by atoms with Crippen LogP contribution in [0.25, 0.3) is 0 Å². The second kappa shape index (κ2) is 8.29. The van der Waals surface area contributed by atoms with Crippen LogP contribution < -0.4 is 5.32 Å². The molecule has 0 aromatic carbocycles. The van der Waals surface area contributed by atoms with Crippen LogP contribution in [0.3, 0.4) is 0 Å². The van der Waals surface area contributed by atoms with Gasteiger partial charge in [-0.25, -0.2) is 8.42 Å². The van der Waals surface area contributed by atoms with Crippen LogP contribution in [0.2, 0.25) is 0 Å². The van der Waals surface area contributed by atoms with Crippen LogP contribution >= 0.6 is 11.3 Å². The fourth-order valence-corrected chi connectivity index (χ4v) is 5.93. The maximum absolute atomic E-state index is 12.7. The smallest absolute Gasteiger partial charge is 0.322 e. The Hall–Kier alpha value is -1.45. The number of thiophene rings is 1. The summed E-state index contributed by atoms with van der Waals surface area (Å²) in [5, 5.41) is 12.0. The van der Waals surface area contributed by atoms with E-state index in [4.69, 9.17) is 0 Å². The van der Waals surface area contributed by atoms with Gasteiger partial charge < -0.3 is 10.4 Å². The number of sulfonamides is 1. The summed E-state index contributed by atoms with van der Waals surface area (Å²) in [4.78, 5) is 23.7. The van der Waals surface area contributed by atoms with Crippen LogP contribution in [0.5, 0.6) is 0 Å². The minimum Gasteiger partial charge on any atom is -0.480 e. The Bertz CT molecular complexity index is 727. The molecule has 1 aromatic heterocycles. The van der Waals surface area contributed by atoms with Gasteiger partial charge in [-0.15, -0.1) is 11.3 Å². The molecule has 2 heterocycles. The average Bonchev–Trinajstić information content (AvgIpc) is 3.16. The van der Waals surface area contributed by atoms with Gasteiger partial charge in [-0.1, -0.05) is 13.8 Å². The molecule has 140 valence electrons. The summed E-state index contributed by atoms with van der Waals surface area (Å²) in [5.41, 5.74) is 0. The van der Waals surface area contributed by atoms with Gasteiger partial charge in [-0.2, -0.15) is 4.31 Å². The molecule has 0 radical (unpaired) electrons. The quantitative estimate of drug-likeness (QED) is 0.705. The highest BCUT2D eigenvalue weighted by atomic mass is 32.2. The number of nitrogens with one attached hydrogen (secondary N) is 1. The first-order valence-corrected chi connectivity index (χ1v) is 10.6. The molecule has 7 nitrogen and oxygen atoms in total. The zero-order valence-electron chi connectivity index (χ0n) is 14.4. The maximum atomic E-state index is 12.7. The van der Waals surface area contributed by atoms with Crippen LogP contribution in [0.15, 0.2) is 16.3 Å². The number of rotatable bonds is 8. The fourth-order valence-electron chi connectivity index (χ4n) is 2.79. The third-order valence-electron chi connectivity index (χ3n) is 3.98. The van der Waals surface area contributed by atoms with Crippen LogP contribution in [0, 0.1) is 5.92 Å². The Morgan fingerprint density at radius 2 is 2.12 bits per heavy atom. The standard InChI is InChI=1S/C16H24N2O5S2/c1-11(2)10-14(19)17-8-7-12-5-6-15(24-12)25(22,23)18-9-3-4-13(18)16(20)21/h5-6,11,13H,3-4,7-10H2,1-2H3,(H,17,19)(H,20,21). The van der Waals surface area contributed by atoms with Gasteiger partial charge in [0, 0.05) is 24.4 Å². The van der Waals surface area contributed by atoms with Crippen molar-refractivity contribution in [3.63, 3.8) is 0 Å². The normalized spacial score (nSPS) is 18.6. The van der Waals surface area contributed by atoms with E-state index in [1.807, 2.05) is 13.8 Å². The van der Waals surface area contributed by atoms with Crippen molar-refractivity contribution in [3.8, 4) is 0 Å². The molecule has 9 heteroatoms. The first-order valence-electron chi connectivity index (χ1n) is 8.32. The van der Waals surface area contributed by atoms with Gasteiger partial charge in [-0.3, -0.25) is 9.59 Å². The third-order valence-corrected chi connectivity index (χ3v) is 7.50. The molecule has 0 aliphatic carbocycles. The predicted molar refractivity (Wildman–Crippen MR) is 95.0 cm³/mol. The van der Waals surface area contributed by atoms with Gasteiger partial charge in [0.15, 0.2) is 0 Å². The van der Waals surface area contributed by atoms with E-state index in [9.17, 15) is 23.1 Å². The Morgan fingerprint density at radius 1 is 1.40 bits per heavy atom. The van der Waals surface area contributed by atoms with Crippen LogP contribution in [0.4, 0.5) is 0 Å². The van der Waals surface area contributed by atoms with Crippen molar-refractivity contribution in [1.29, 1.82) is 0 Å². The predicted octanol–water partition coefficient (Wildman–Crippen LogP) is 1.69. The van der Waals surface area contributed by atoms with Gasteiger partial charge in [0.05, 0.1) is 0 Å². The highest BCUT2D eigenvalue weighted by Gasteiger charge is 2.40. The number of carbonyl (C=O) groups excluding carboxylic acids is 1. The summed E-state index contributed by atoms with van der Waals surface area (Å²) in [5.74, 6) is -0.826. The molecule has 1 atom stereocenters. The van der Waals surface area contributed by atoms with Crippen molar-refractivity contribution in [2.45, 2.75) is 49.8 Å². The van der Waals surface area contributed by atoms with Crippen LogP contribution in [-0.4, -0.2) is 48.8 Å². The van der Waals surface area contributed by atoms with Gasteiger partial charge in [0.1, 0.15) is 10.3 Å². The summed E-state index contributed by atoms with van der Waals surface area (Å²) in [6, 6.07) is 2.26. The molecule has 1 amide bonds. The largest absolute Gasteiger partial charge is 0.480 e. The Kier molecular flexibility index (Phi) is 6.59. The minimum absolute atomic E-state index is 0.0132. The van der Waals surface area contributed by atoms with Gasteiger partial charge in [0.2, 0.25) is 5.91 Å². The lowest BCUT2D eigenvalue weighted by Crippen LogP contribution is -2.40. The molecule has 0 spiro atoms. The number of hydrogen-bond donors (Lipinski definition) is 2. The monoisotopic (exact) mass is 388 g/mol. The SMILES string of the molecule is CC(C)CC(=O)NCCc1ccc(S(=O)(=O)N2CCCC2C(=O)O)s1. The van der Waals surface area contributed by atoms with Crippen molar-refractivity contribution in [1.82, 2.24) is 9.62 Å². The molecule has 1 saturated heterocycles. The van der Waals surface area contributed by atoms with Crippen molar-refractivity contribution >= 4 is 33.2 Å². The molecule has 0 bridgehead atoms. The summed E-state index contributed by atoms with van der Waals surface area (Å²) in [6.45, 7) is 4.63. The number of carbonyl (C=O) groups is 2. The van der Waals surface area contributed by atoms with E-state index in [2.05, 4.69) is 5.32 Å². The van der Waals surface area contributed by atoms with Crippen molar-refractivity contribution in [2.75, 3.05) is 13.1 Å². The number of amides is 1. The molecular formula is C16H24N2O5S2. The van der Waals surface area contributed by atoms with Gasteiger partial charge in [0.25, 0.3) is 10.0 Å². The zero-order valence-corrected chi connectivity index (χ0v) is 16.0. The van der Waals surface area contributed by atoms with E-state index in [-0.39, 0.29) is 16.7 Å². The zero-order chi connectivity index (χ0) is 18.6. The second-order valence-electron chi connectivity index (χ2n) is 6.53. The molecule has 1 aliphatic rings. The lowest BCUT2D eigenvalue weighted by Gasteiger charge is -2.19. The van der Waals surface area contributed by atoms with Gasteiger partial charge in [-0.05, 0) is 37.3 Å². The van der Waals surface area contributed by atoms with E-state index in [0.29, 0.717) is 38.1 Å². The molecular weight excluding hydrogens is 364 g/mol. The summed E-state index contributed by atoms with van der Waals surface area (Å²) >= 11 is 1.13. The summed E-state index contributed by atoms with van der Waals surface area (Å²) in [7, 11) is -3.79. The van der Waals surface area contributed by atoms with Crippen molar-refractivity contribution in [2.24, 2.45) is 5.92 Å². The van der Waals surface area contributed by atoms with Crippen molar-refractivity contribution in [3.05, 3.63) is 17.0 Å². The summed E-state index contributed by atoms with van der Waals surface area (Å²) < 4.78 is 26.6. The number of aliphatic carboxylic acids is 1. The molecule has 1 fully saturated rings. The fraction of sp³-hybridized carbons (Fsp3) is 0.625. The lowest BCUT2D eigenvalue weighted by molar-refractivity contribution is -0.140. The molecule has 2 N–H and O–H groups in total. The van der Waals surface area contributed by atoms with E-state index in [0.717, 1.165) is 20.5 Å². The summed E-state index contributed by atoms with van der Waals surface area (Å²) in [6.07, 6.45) is 1.91. The molecule has 0 saturated carbocycles. The molecule has 1 aliphatic heterocycles. The number of hydrogen-bond acceptors (Lipinski definition) is 5. The molecule has 1 aromatic rings. The van der Waals surface area contributed by atoms with E-state index in [1.54, 1.807) is 6.07 Å². The second-order valence-corrected chi connectivity index (χ2v) is 9.82. The molecule has 2 rings (SSSR count). The Morgan fingerprint density at radius 3 is 2.76 bits per heavy atom. The molecule has 25 heavy (non-hydrogen) atoms. The average molecular weight is 389 g/mol.